The fourth-order valence-electron chi connectivity index (χ4n) is 3.34. The van der Waals surface area contributed by atoms with E-state index in [-0.39, 0.29) is 34.5 Å². The van der Waals surface area contributed by atoms with Gasteiger partial charge in [0, 0.05) is 6.54 Å². The molecular weight excluding hydrogens is 482 g/mol. The molecule has 0 radical (unpaired) electrons. The maximum absolute atomic E-state index is 13.7. The minimum Gasteiger partial charge on any atom is -0.492 e. The van der Waals surface area contributed by atoms with Crippen molar-refractivity contribution in [3.05, 3.63) is 48.0 Å². The second kappa shape index (κ2) is 11.8. The van der Waals surface area contributed by atoms with Crippen molar-refractivity contribution < 1.29 is 17.9 Å². The quantitative estimate of drug-likeness (QED) is 0.398. The number of carbonyl (C=O) groups excluding carboxylic acids is 1. The zero-order valence-corrected chi connectivity index (χ0v) is 21.7. The Hall–Kier alpha value is -2.20. The number of anilines is 1. The Morgan fingerprint density at radius 3 is 2.45 bits per heavy atom. The van der Waals surface area contributed by atoms with Crippen LogP contribution in [0, 0.1) is 0 Å². The van der Waals surface area contributed by atoms with Gasteiger partial charge >= 0.3 is 0 Å². The lowest BCUT2D eigenvalue weighted by Gasteiger charge is -2.22. The van der Waals surface area contributed by atoms with Crippen molar-refractivity contribution in [2.24, 2.45) is 0 Å². The molecule has 0 bridgehead atoms. The number of para-hydroxylation sites is 1. The van der Waals surface area contributed by atoms with Gasteiger partial charge in [-0.3, -0.25) is 9.69 Å². The number of carbonyl (C=O) groups is 1. The molecule has 0 spiro atoms. The molecule has 0 fully saturated rings. The number of hydrogen-bond donors (Lipinski definition) is 0. The molecule has 0 aliphatic carbocycles. The van der Waals surface area contributed by atoms with Crippen LogP contribution in [-0.4, -0.2) is 63.8 Å². The lowest BCUT2D eigenvalue weighted by molar-refractivity contribution is 0.0983. The van der Waals surface area contributed by atoms with E-state index >= 15 is 0 Å². The average Bonchev–Trinajstić information content (AvgIpc) is 3.21. The number of ether oxygens (including phenoxy) is 1. The average molecular weight is 512 g/mol. The summed E-state index contributed by atoms with van der Waals surface area (Å²) in [5.41, 5.74) is 0.873. The second-order valence-corrected chi connectivity index (χ2v) is 10.8. The zero-order valence-electron chi connectivity index (χ0n) is 19.3. The first-order valence-corrected chi connectivity index (χ1v) is 13.1. The van der Waals surface area contributed by atoms with Crippen molar-refractivity contribution in [3.8, 4) is 5.75 Å². The van der Waals surface area contributed by atoms with Gasteiger partial charge in [-0.2, -0.15) is 0 Å². The van der Waals surface area contributed by atoms with Crippen LogP contribution in [-0.2, 0) is 9.84 Å². The molecular formula is C23H30ClN3O4S2. The molecule has 0 atom stereocenters. The smallest absolute Gasteiger partial charge is 0.261 e. The van der Waals surface area contributed by atoms with Gasteiger partial charge in [0.25, 0.3) is 5.91 Å². The highest BCUT2D eigenvalue weighted by molar-refractivity contribution is 7.91. The van der Waals surface area contributed by atoms with Crippen molar-refractivity contribution in [2.75, 3.05) is 44.4 Å². The van der Waals surface area contributed by atoms with Gasteiger partial charge in [-0.25, -0.2) is 13.4 Å². The summed E-state index contributed by atoms with van der Waals surface area (Å²) in [6, 6.07) is 12.1. The van der Waals surface area contributed by atoms with E-state index in [0.717, 1.165) is 17.7 Å². The molecule has 0 saturated heterocycles. The van der Waals surface area contributed by atoms with Crippen molar-refractivity contribution in [3.63, 3.8) is 0 Å². The number of amides is 1. The molecule has 7 nitrogen and oxygen atoms in total. The summed E-state index contributed by atoms with van der Waals surface area (Å²) in [7, 11) is 0.392. The van der Waals surface area contributed by atoms with Gasteiger partial charge in [0.05, 0.1) is 27.5 Å². The van der Waals surface area contributed by atoms with E-state index in [9.17, 15) is 13.2 Å². The van der Waals surface area contributed by atoms with Gasteiger partial charge in [-0.05, 0) is 58.3 Å². The number of hydrogen-bond acceptors (Lipinski definition) is 7. The first kappa shape index (κ1) is 27.0. The monoisotopic (exact) mass is 511 g/mol. The third-order valence-electron chi connectivity index (χ3n) is 4.97. The molecule has 0 saturated carbocycles. The zero-order chi connectivity index (χ0) is 23.3. The van der Waals surface area contributed by atoms with Crippen LogP contribution >= 0.6 is 23.7 Å². The number of fused-ring (bicyclic) bond motifs is 1. The number of halogens is 1. The summed E-state index contributed by atoms with van der Waals surface area (Å²) in [6.07, 6.45) is 0.718. The van der Waals surface area contributed by atoms with Crippen LogP contribution in [0.5, 0.6) is 5.75 Å². The number of aromatic nitrogens is 1. The van der Waals surface area contributed by atoms with E-state index in [1.807, 2.05) is 44.1 Å². The van der Waals surface area contributed by atoms with Crippen LogP contribution in [0.4, 0.5) is 5.13 Å². The topological polar surface area (TPSA) is 79.8 Å². The number of sulfone groups is 1. The van der Waals surface area contributed by atoms with Crippen LogP contribution in [0.1, 0.15) is 30.6 Å². The van der Waals surface area contributed by atoms with E-state index < -0.39 is 9.84 Å². The number of nitrogens with zero attached hydrogens (tertiary/aromatic N) is 3. The predicted molar refractivity (Wildman–Crippen MR) is 137 cm³/mol. The Balaban J connectivity index is 0.00000385. The van der Waals surface area contributed by atoms with E-state index in [1.54, 1.807) is 30.0 Å². The SMILES string of the molecule is CCOc1cccc2sc(N(CCCN(C)C)C(=O)c3ccccc3S(=O)(=O)CC)nc12.Cl. The molecule has 1 heterocycles. The molecule has 0 N–H and O–H groups in total. The Morgan fingerprint density at radius 1 is 1.06 bits per heavy atom. The van der Waals surface area contributed by atoms with E-state index in [2.05, 4.69) is 0 Å². The van der Waals surface area contributed by atoms with Gasteiger partial charge in [-0.15, -0.1) is 12.4 Å². The molecule has 0 unspecified atom stereocenters. The van der Waals surface area contributed by atoms with Crippen LogP contribution in [0.2, 0.25) is 0 Å². The first-order chi connectivity index (χ1) is 15.3. The summed E-state index contributed by atoms with van der Waals surface area (Å²) >= 11 is 1.40. The molecule has 3 rings (SSSR count). The number of thiazole rings is 1. The van der Waals surface area contributed by atoms with E-state index in [0.29, 0.717) is 29.5 Å². The highest BCUT2D eigenvalue weighted by Crippen LogP contribution is 2.35. The summed E-state index contributed by atoms with van der Waals surface area (Å²) in [4.78, 5) is 22.1. The Labute approximate surface area is 205 Å². The van der Waals surface area contributed by atoms with Crippen LogP contribution in [0.15, 0.2) is 47.4 Å². The lowest BCUT2D eigenvalue weighted by Crippen LogP contribution is -2.34. The fraction of sp³-hybridized carbons (Fsp3) is 0.391. The Morgan fingerprint density at radius 2 is 1.79 bits per heavy atom. The standard InChI is InChI=1S/C23H29N3O4S2.ClH/c1-5-30-18-12-9-13-19-21(18)24-23(31-19)26(16-10-15-25(3)4)22(27)17-11-7-8-14-20(17)32(28,29)6-2;/h7-9,11-14H,5-6,10,15-16H2,1-4H3;1H. The van der Waals surface area contributed by atoms with E-state index in [4.69, 9.17) is 9.72 Å². The molecule has 0 aliphatic rings. The predicted octanol–water partition coefficient (Wildman–Crippen LogP) is 4.51. The van der Waals surface area contributed by atoms with Crippen molar-refractivity contribution in [1.82, 2.24) is 9.88 Å². The van der Waals surface area contributed by atoms with Crippen molar-refractivity contribution in [1.29, 1.82) is 0 Å². The number of benzene rings is 2. The van der Waals surface area contributed by atoms with Gasteiger partial charge in [-0.1, -0.05) is 36.5 Å². The molecule has 33 heavy (non-hydrogen) atoms. The lowest BCUT2D eigenvalue weighted by atomic mass is 10.2. The van der Waals surface area contributed by atoms with Crippen molar-refractivity contribution >= 4 is 54.8 Å². The maximum atomic E-state index is 13.7. The van der Waals surface area contributed by atoms with Crippen LogP contribution < -0.4 is 9.64 Å². The Kier molecular flexibility index (Phi) is 9.66. The van der Waals surface area contributed by atoms with Gasteiger partial charge in [0.1, 0.15) is 11.3 Å². The third kappa shape index (κ3) is 6.23. The molecule has 1 amide bonds. The molecule has 10 heteroatoms. The minimum atomic E-state index is -3.55. The number of rotatable bonds is 10. The van der Waals surface area contributed by atoms with E-state index in [1.165, 1.54) is 17.4 Å². The fourth-order valence-corrected chi connectivity index (χ4v) is 5.44. The molecule has 3 aromatic rings. The molecule has 0 aliphatic heterocycles. The van der Waals surface area contributed by atoms with Crippen molar-refractivity contribution in [2.45, 2.75) is 25.2 Å². The maximum Gasteiger partial charge on any atom is 0.261 e. The highest BCUT2D eigenvalue weighted by Gasteiger charge is 2.27. The summed E-state index contributed by atoms with van der Waals surface area (Å²) < 4.78 is 31.9. The van der Waals surface area contributed by atoms with Crippen LogP contribution in [0.25, 0.3) is 10.2 Å². The van der Waals surface area contributed by atoms with Gasteiger partial charge in [0.2, 0.25) is 0 Å². The molecule has 2 aromatic carbocycles. The molecule has 180 valence electrons. The summed E-state index contributed by atoms with van der Waals surface area (Å²) in [5, 5.41) is 0.527. The first-order valence-electron chi connectivity index (χ1n) is 10.6. The summed E-state index contributed by atoms with van der Waals surface area (Å²) in [6.45, 7) is 5.21. The summed E-state index contributed by atoms with van der Waals surface area (Å²) in [5.74, 6) is 0.229. The Bertz CT molecular complexity index is 1200. The minimum absolute atomic E-state index is 0. The van der Waals surface area contributed by atoms with Crippen LogP contribution in [0.3, 0.4) is 0 Å². The third-order valence-corrected chi connectivity index (χ3v) is 7.80. The second-order valence-electron chi connectivity index (χ2n) is 7.55. The largest absolute Gasteiger partial charge is 0.492 e. The van der Waals surface area contributed by atoms with Gasteiger partial charge in [0.15, 0.2) is 15.0 Å². The van der Waals surface area contributed by atoms with Gasteiger partial charge < -0.3 is 9.64 Å². The normalized spacial score (nSPS) is 11.4. The molecule has 1 aromatic heterocycles. The highest BCUT2D eigenvalue weighted by atomic mass is 35.5.